The minimum atomic E-state index is -0.0462. The number of ether oxygens (including phenoxy) is 1. The predicted molar refractivity (Wildman–Crippen MR) is 69.9 cm³/mol. The Morgan fingerprint density at radius 1 is 1.18 bits per heavy atom. The van der Waals surface area contributed by atoms with Crippen LogP contribution in [0.2, 0.25) is 0 Å². The van der Waals surface area contributed by atoms with Gasteiger partial charge >= 0.3 is 0 Å². The first-order chi connectivity index (χ1) is 8.19. The van der Waals surface area contributed by atoms with Crippen LogP contribution in [0.5, 0.6) is 0 Å². The van der Waals surface area contributed by atoms with Gasteiger partial charge in [0.2, 0.25) is 0 Å². The molecule has 0 bridgehead atoms. The summed E-state index contributed by atoms with van der Waals surface area (Å²) in [5.74, 6) is 2.18. The van der Waals surface area contributed by atoms with Crippen LogP contribution in [0.15, 0.2) is 0 Å². The number of hydrogen-bond acceptors (Lipinski definition) is 2. The molecule has 0 aromatic carbocycles. The molecule has 0 heterocycles. The van der Waals surface area contributed by atoms with Crippen molar-refractivity contribution >= 4 is 0 Å². The fraction of sp³-hybridized carbons (Fsp3) is 1.00. The van der Waals surface area contributed by atoms with Crippen molar-refractivity contribution in [2.45, 2.75) is 71.0 Å². The lowest BCUT2D eigenvalue weighted by Gasteiger charge is -2.38. The third kappa shape index (κ3) is 3.69. The van der Waals surface area contributed by atoms with Gasteiger partial charge in [0.15, 0.2) is 0 Å². The molecule has 0 aromatic heterocycles. The lowest BCUT2D eigenvalue weighted by atomic mass is 9.73. The van der Waals surface area contributed by atoms with E-state index in [9.17, 15) is 5.11 Å². The van der Waals surface area contributed by atoms with Gasteiger partial charge in [0, 0.05) is 6.61 Å². The monoisotopic (exact) mass is 240 g/mol. The molecular formula is C15H28O2. The van der Waals surface area contributed by atoms with Gasteiger partial charge in [0.05, 0.1) is 12.2 Å². The molecule has 2 nitrogen and oxygen atoms in total. The molecule has 2 saturated carbocycles. The van der Waals surface area contributed by atoms with E-state index in [0.717, 1.165) is 24.9 Å². The van der Waals surface area contributed by atoms with E-state index in [1.54, 1.807) is 0 Å². The zero-order valence-corrected chi connectivity index (χ0v) is 11.4. The van der Waals surface area contributed by atoms with Gasteiger partial charge in [0.1, 0.15) is 0 Å². The lowest BCUT2D eigenvalue weighted by molar-refractivity contribution is -0.0464. The highest BCUT2D eigenvalue weighted by Gasteiger charge is 2.33. The van der Waals surface area contributed by atoms with Crippen molar-refractivity contribution in [1.82, 2.24) is 0 Å². The van der Waals surface area contributed by atoms with Gasteiger partial charge in [-0.1, -0.05) is 19.8 Å². The summed E-state index contributed by atoms with van der Waals surface area (Å²) >= 11 is 0. The number of rotatable bonds is 5. The van der Waals surface area contributed by atoms with E-state index in [-0.39, 0.29) is 6.10 Å². The van der Waals surface area contributed by atoms with Crippen LogP contribution in [-0.2, 0) is 4.74 Å². The molecule has 0 aromatic rings. The highest BCUT2D eigenvalue weighted by atomic mass is 16.5. The molecule has 17 heavy (non-hydrogen) atoms. The van der Waals surface area contributed by atoms with E-state index in [4.69, 9.17) is 4.74 Å². The van der Waals surface area contributed by atoms with Gasteiger partial charge < -0.3 is 9.84 Å². The van der Waals surface area contributed by atoms with E-state index < -0.39 is 0 Å². The van der Waals surface area contributed by atoms with Gasteiger partial charge in [-0.15, -0.1) is 0 Å². The zero-order valence-electron chi connectivity index (χ0n) is 11.4. The molecule has 1 atom stereocenters. The average Bonchev–Trinajstić information content (AvgIpc) is 2.27. The highest BCUT2D eigenvalue weighted by Crippen LogP contribution is 2.38. The van der Waals surface area contributed by atoms with Crippen LogP contribution < -0.4 is 0 Å². The molecule has 2 heteroatoms. The fourth-order valence-corrected chi connectivity index (χ4v) is 3.44. The van der Waals surface area contributed by atoms with E-state index in [1.807, 2.05) is 0 Å². The SMILES string of the molecule is CCOC1CC(CC(O)C2CCC(C)CC2)C1. The van der Waals surface area contributed by atoms with Crippen LogP contribution in [0, 0.1) is 17.8 Å². The van der Waals surface area contributed by atoms with Crippen molar-refractivity contribution < 1.29 is 9.84 Å². The van der Waals surface area contributed by atoms with Crippen molar-refractivity contribution in [2.24, 2.45) is 17.8 Å². The Hall–Kier alpha value is -0.0800. The van der Waals surface area contributed by atoms with Gasteiger partial charge in [-0.05, 0) is 56.8 Å². The molecular weight excluding hydrogens is 212 g/mol. The minimum absolute atomic E-state index is 0.0462. The standard InChI is InChI=1S/C15H28O2/c1-3-17-14-8-12(9-14)10-15(16)13-6-4-11(2)5-7-13/h11-16H,3-10H2,1-2H3. The number of hydrogen-bond donors (Lipinski definition) is 1. The summed E-state index contributed by atoms with van der Waals surface area (Å²) in [6.45, 7) is 5.23. The maximum absolute atomic E-state index is 10.3. The number of aliphatic hydroxyl groups excluding tert-OH is 1. The van der Waals surface area contributed by atoms with Crippen molar-refractivity contribution in [3.05, 3.63) is 0 Å². The third-order valence-corrected chi connectivity index (χ3v) is 4.77. The highest BCUT2D eigenvalue weighted by molar-refractivity contribution is 4.85. The maximum Gasteiger partial charge on any atom is 0.0580 e. The molecule has 2 rings (SSSR count). The van der Waals surface area contributed by atoms with Crippen molar-refractivity contribution in [3.63, 3.8) is 0 Å². The molecule has 2 aliphatic rings. The fourth-order valence-electron chi connectivity index (χ4n) is 3.44. The first-order valence-corrected chi connectivity index (χ1v) is 7.48. The summed E-state index contributed by atoms with van der Waals surface area (Å²) in [6.07, 6.45) is 8.92. The van der Waals surface area contributed by atoms with Crippen LogP contribution >= 0.6 is 0 Å². The minimum Gasteiger partial charge on any atom is -0.393 e. The van der Waals surface area contributed by atoms with E-state index in [0.29, 0.717) is 12.0 Å². The smallest absolute Gasteiger partial charge is 0.0580 e. The van der Waals surface area contributed by atoms with E-state index in [2.05, 4.69) is 13.8 Å². The summed E-state index contributed by atoms with van der Waals surface area (Å²) in [4.78, 5) is 0. The molecule has 1 N–H and O–H groups in total. The second kappa shape index (κ2) is 6.19. The summed E-state index contributed by atoms with van der Waals surface area (Å²) in [7, 11) is 0. The van der Waals surface area contributed by atoms with Crippen LogP contribution in [0.3, 0.4) is 0 Å². The van der Waals surface area contributed by atoms with Crippen molar-refractivity contribution in [2.75, 3.05) is 6.61 Å². The Kier molecular flexibility index (Phi) is 4.87. The third-order valence-electron chi connectivity index (χ3n) is 4.77. The molecule has 0 saturated heterocycles. The van der Waals surface area contributed by atoms with Gasteiger partial charge in [-0.3, -0.25) is 0 Å². The first-order valence-electron chi connectivity index (χ1n) is 7.48. The quantitative estimate of drug-likeness (QED) is 0.798. The largest absolute Gasteiger partial charge is 0.393 e. The lowest BCUT2D eigenvalue weighted by Crippen LogP contribution is -2.36. The van der Waals surface area contributed by atoms with E-state index >= 15 is 0 Å². The molecule has 1 unspecified atom stereocenters. The normalized spacial score (nSPS) is 39.7. The second-order valence-corrected chi connectivity index (χ2v) is 6.24. The average molecular weight is 240 g/mol. The molecule has 0 radical (unpaired) electrons. The van der Waals surface area contributed by atoms with Crippen LogP contribution in [-0.4, -0.2) is 23.9 Å². The van der Waals surface area contributed by atoms with Crippen LogP contribution in [0.25, 0.3) is 0 Å². The topological polar surface area (TPSA) is 29.5 Å². The Morgan fingerprint density at radius 3 is 2.41 bits per heavy atom. The Morgan fingerprint density at radius 2 is 1.82 bits per heavy atom. The first kappa shape index (κ1) is 13.4. The van der Waals surface area contributed by atoms with Crippen molar-refractivity contribution in [1.29, 1.82) is 0 Å². The summed E-state index contributed by atoms with van der Waals surface area (Å²) in [6, 6.07) is 0. The number of aliphatic hydroxyl groups is 1. The molecule has 2 aliphatic carbocycles. The van der Waals surface area contributed by atoms with Gasteiger partial charge in [-0.2, -0.15) is 0 Å². The van der Waals surface area contributed by atoms with Crippen molar-refractivity contribution in [3.8, 4) is 0 Å². The molecule has 0 spiro atoms. The maximum atomic E-state index is 10.3. The van der Waals surface area contributed by atoms with E-state index in [1.165, 1.54) is 38.5 Å². The molecule has 0 aliphatic heterocycles. The van der Waals surface area contributed by atoms with Crippen LogP contribution in [0.4, 0.5) is 0 Å². The Balaban J connectivity index is 1.63. The van der Waals surface area contributed by atoms with Crippen LogP contribution in [0.1, 0.15) is 58.8 Å². The zero-order chi connectivity index (χ0) is 12.3. The Bertz CT molecular complexity index is 215. The molecule has 100 valence electrons. The van der Waals surface area contributed by atoms with Gasteiger partial charge in [-0.25, -0.2) is 0 Å². The summed E-state index contributed by atoms with van der Waals surface area (Å²) in [5, 5.41) is 10.3. The van der Waals surface area contributed by atoms with Gasteiger partial charge in [0.25, 0.3) is 0 Å². The summed E-state index contributed by atoms with van der Waals surface area (Å²) in [5.41, 5.74) is 0. The second-order valence-electron chi connectivity index (χ2n) is 6.24. The molecule has 2 fully saturated rings. The Labute approximate surface area is 106 Å². The summed E-state index contributed by atoms with van der Waals surface area (Å²) < 4.78 is 5.57. The molecule has 0 amide bonds. The predicted octanol–water partition coefficient (Wildman–Crippen LogP) is 3.38.